The van der Waals surface area contributed by atoms with Crippen molar-refractivity contribution in [1.29, 1.82) is 0 Å². The lowest BCUT2D eigenvalue weighted by Gasteiger charge is -2.34. The molecule has 1 aliphatic heterocycles. The van der Waals surface area contributed by atoms with E-state index >= 15 is 0 Å². The Kier molecular flexibility index (Phi) is 5.58. The fraction of sp³-hybridized carbons (Fsp3) is 0.500. The number of likely N-dealkylation sites (tertiary alicyclic amines) is 1. The van der Waals surface area contributed by atoms with Gasteiger partial charge in [-0.2, -0.15) is 0 Å². The highest BCUT2D eigenvalue weighted by atomic mass is 16.2. The molecule has 2 unspecified atom stereocenters. The molecule has 2 atom stereocenters. The highest BCUT2D eigenvalue weighted by Crippen LogP contribution is 2.22. The van der Waals surface area contributed by atoms with Gasteiger partial charge in [0.05, 0.1) is 11.9 Å². The van der Waals surface area contributed by atoms with Gasteiger partial charge in [0.25, 0.3) is 5.91 Å². The quantitative estimate of drug-likeness (QED) is 0.898. The van der Waals surface area contributed by atoms with E-state index in [2.05, 4.69) is 29.1 Å². The van der Waals surface area contributed by atoms with Crippen molar-refractivity contribution in [3.63, 3.8) is 0 Å². The van der Waals surface area contributed by atoms with Gasteiger partial charge in [-0.1, -0.05) is 27.7 Å². The van der Waals surface area contributed by atoms with Gasteiger partial charge in [-0.05, 0) is 30.4 Å². The summed E-state index contributed by atoms with van der Waals surface area (Å²) in [5.74, 6) is 1.49. The molecule has 2 aromatic rings. The molecular formula is C20H27N5O2. The van der Waals surface area contributed by atoms with E-state index in [1.54, 1.807) is 35.4 Å². The van der Waals surface area contributed by atoms with Crippen LogP contribution in [0.1, 0.15) is 44.6 Å². The minimum absolute atomic E-state index is 0.0343. The second-order valence-corrected chi connectivity index (χ2v) is 7.87. The van der Waals surface area contributed by atoms with Crippen LogP contribution in [-0.2, 0) is 4.79 Å². The van der Waals surface area contributed by atoms with E-state index in [4.69, 9.17) is 0 Å². The smallest absolute Gasteiger partial charge is 0.274 e. The van der Waals surface area contributed by atoms with Crippen LogP contribution in [0.25, 0.3) is 5.82 Å². The molecule has 0 aliphatic carbocycles. The van der Waals surface area contributed by atoms with Crippen LogP contribution in [0.4, 0.5) is 5.69 Å². The number of amides is 2. The van der Waals surface area contributed by atoms with E-state index in [9.17, 15) is 9.59 Å². The number of hydrogen-bond donors (Lipinski definition) is 1. The number of carbonyl (C=O) groups excluding carboxylic acids is 2. The first kappa shape index (κ1) is 19.1. The van der Waals surface area contributed by atoms with Crippen molar-refractivity contribution in [2.45, 2.75) is 34.1 Å². The van der Waals surface area contributed by atoms with Crippen LogP contribution in [0.15, 0.2) is 30.9 Å². The van der Waals surface area contributed by atoms with Gasteiger partial charge in [0.2, 0.25) is 5.91 Å². The molecule has 7 nitrogen and oxygen atoms in total. The maximum atomic E-state index is 12.8. The van der Waals surface area contributed by atoms with E-state index in [0.29, 0.717) is 29.0 Å². The van der Waals surface area contributed by atoms with Crippen molar-refractivity contribution in [3.05, 3.63) is 36.5 Å². The molecule has 0 spiro atoms. The van der Waals surface area contributed by atoms with Gasteiger partial charge in [-0.15, -0.1) is 0 Å². The molecule has 7 heteroatoms. The van der Waals surface area contributed by atoms with Crippen molar-refractivity contribution in [1.82, 2.24) is 19.4 Å². The van der Waals surface area contributed by atoms with Crippen LogP contribution in [0.5, 0.6) is 0 Å². The minimum Gasteiger partial charge on any atom is -0.337 e. The number of imidazole rings is 1. The summed E-state index contributed by atoms with van der Waals surface area (Å²) in [6, 6.07) is 3.58. The molecular weight excluding hydrogens is 342 g/mol. The van der Waals surface area contributed by atoms with E-state index in [0.717, 1.165) is 19.5 Å². The van der Waals surface area contributed by atoms with E-state index in [1.165, 1.54) is 0 Å². The normalized spacial score (nSPS) is 20.0. The average molecular weight is 369 g/mol. The van der Waals surface area contributed by atoms with Crippen LogP contribution in [0.3, 0.4) is 0 Å². The number of nitrogens with one attached hydrogen (secondary N) is 1. The number of piperidine rings is 1. The van der Waals surface area contributed by atoms with Gasteiger partial charge in [0.15, 0.2) is 0 Å². The molecule has 0 radical (unpaired) electrons. The van der Waals surface area contributed by atoms with Crippen molar-refractivity contribution in [2.24, 2.45) is 17.8 Å². The van der Waals surface area contributed by atoms with Crippen LogP contribution in [-0.4, -0.2) is 44.3 Å². The van der Waals surface area contributed by atoms with Crippen molar-refractivity contribution in [3.8, 4) is 5.82 Å². The van der Waals surface area contributed by atoms with Gasteiger partial charge >= 0.3 is 0 Å². The Balaban J connectivity index is 1.70. The number of pyridine rings is 1. The number of nitrogens with zero attached hydrogens (tertiary/aromatic N) is 4. The Bertz CT molecular complexity index is 802. The zero-order valence-electron chi connectivity index (χ0n) is 16.3. The van der Waals surface area contributed by atoms with Gasteiger partial charge in [0, 0.05) is 25.2 Å². The zero-order valence-corrected chi connectivity index (χ0v) is 16.3. The predicted molar refractivity (Wildman–Crippen MR) is 104 cm³/mol. The molecule has 2 aromatic heterocycles. The van der Waals surface area contributed by atoms with Crippen LogP contribution in [0.2, 0.25) is 0 Å². The lowest BCUT2D eigenvalue weighted by molar-refractivity contribution is -0.118. The Hall–Kier alpha value is -2.70. The summed E-state index contributed by atoms with van der Waals surface area (Å²) in [7, 11) is 0. The summed E-state index contributed by atoms with van der Waals surface area (Å²) in [5, 5.41) is 2.81. The zero-order chi connectivity index (χ0) is 19.6. The van der Waals surface area contributed by atoms with Gasteiger partial charge in [-0.3, -0.25) is 14.2 Å². The summed E-state index contributed by atoms with van der Waals surface area (Å²) in [6.07, 6.45) is 6.06. The summed E-state index contributed by atoms with van der Waals surface area (Å²) in [6.45, 7) is 9.59. The number of aromatic nitrogens is 3. The minimum atomic E-state index is -0.0906. The van der Waals surface area contributed by atoms with E-state index in [1.807, 2.05) is 18.7 Å². The molecule has 1 N–H and O–H groups in total. The van der Waals surface area contributed by atoms with E-state index in [-0.39, 0.29) is 17.7 Å². The summed E-state index contributed by atoms with van der Waals surface area (Å²) < 4.78 is 1.72. The fourth-order valence-corrected chi connectivity index (χ4v) is 3.45. The number of carbonyl (C=O) groups is 2. The number of anilines is 1. The SMILES string of the molecule is CC1CC(C)CN(C(=O)c2cn(-c3ccc(NC(=O)C(C)C)cn3)cn2)C1. The van der Waals surface area contributed by atoms with E-state index < -0.39 is 0 Å². The molecule has 27 heavy (non-hydrogen) atoms. The second kappa shape index (κ2) is 7.90. The first-order valence-corrected chi connectivity index (χ1v) is 9.44. The molecule has 3 rings (SSSR count). The summed E-state index contributed by atoms with van der Waals surface area (Å²) >= 11 is 0. The van der Waals surface area contributed by atoms with Crippen molar-refractivity contribution >= 4 is 17.5 Å². The average Bonchev–Trinajstić information content (AvgIpc) is 3.10. The van der Waals surface area contributed by atoms with Gasteiger partial charge < -0.3 is 10.2 Å². The van der Waals surface area contributed by atoms with Crippen LogP contribution in [0, 0.1) is 17.8 Å². The Labute approximate surface area is 159 Å². The number of rotatable bonds is 4. The van der Waals surface area contributed by atoms with Crippen molar-refractivity contribution in [2.75, 3.05) is 18.4 Å². The topological polar surface area (TPSA) is 80.1 Å². The third-order valence-corrected chi connectivity index (χ3v) is 4.76. The fourth-order valence-electron chi connectivity index (χ4n) is 3.45. The predicted octanol–water partition coefficient (Wildman–Crippen LogP) is 2.98. The third kappa shape index (κ3) is 4.53. The second-order valence-electron chi connectivity index (χ2n) is 7.87. The maximum Gasteiger partial charge on any atom is 0.274 e. The van der Waals surface area contributed by atoms with Crippen LogP contribution >= 0.6 is 0 Å². The highest BCUT2D eigenvalue weighted by Gasteiger charge is 2.27. The first-order chi connectivity index (χ1) is 12.8. The van der Waals surface area contributed by atoms with Gasteiger partial charge in [0.1, 0.15) is 17.8 Å². The molecule has 3 heterocycles. The first-order valence-electron chi connectivity index (χ1n) is 9.44. The monoisotopic (exact) mass is 369 g/mol. The Morgan fingerprint density at radius 1 is 1.15 bits per heavy atom. The molecule has 144 valence electrons. The Morgan fingerprint density at radius 2 is 1.85 bits per heavy atom. The largest absolute Gasteiger partial charge is 0.337 e. The van der Waals surface area contributed by atoms with Gasteiger partial charge in [-0.25, -0.2) is 9.97 Å². The molecule has 0 bridgehead atoms. The molecule has 1 aliphatic rings. The molecule has 0 aromatic carbocycles. The lowest BCUT2D eigenvalue weighted by Crippen LogP contribution is -2.42. The third-order valence-electron chi connectivity index (χ3n) is 4.76. The standard InChI is InChI=1S/C20H27N5O2/c1-13(2)19(26)23-16-5-6-18(21-8-16)25-11-17(22-12-25)20(27)24-9-14(3)7-15(4)10-24/h5-6,8,11-15H,7,9-10H2,1-4H3,(H,23,26). The molecule has 0 saturated carbocycles. The molecule has 1 saturated heterocycles. The lowest BCUT2D eigenvalue weighted by atomic mass is 9.92. The summed E-state index contributed by atoms with van der Waals surface area (Å²) in [4.78, 5) is 35.0. The highest BCUT2D eigenvalue weighted by molar-refractivity contribution is 5.92. The molecule has 1 fully saturated rings. The van der Waals surface area contributed by atoms with Crippen LogP contribution < -0.4 is 5.32 Å². The Morgan fingerprint density at radius 3 is 2.44 bits per heavy atom. The van der Waals surface area contributed by atoms with Crippen molar-refractivity contribution < 1.29 is 9.59 Å². The number of hydrogen-bond acceptors (Lipinski definition) is 4. The summed E-state index contributed by atoms with van der Waals surface area (Å²) in [5.41, 5.74) is 1.07. The molecule has 2 amide bonds. The maximum absolute atomic E-state index is 12.8.